The van der Waals surface area contributed by atoms with Gasteiger partial charge >= 0.3 is 0 Å². The van der Waals surface area contributed by atoms with Gasteiger partial charge < -0.3 is 20.1 Å². The summed E-state index contributed by atoms with van der Waals surface area (Å²) < 4.78 is 1.13. The lowest BCUT2D eigenvalue weighted by atomic mass is 10.5. The lowest BCUT2D eigenvalue weighted by Crippen LogP contribution is -2.35. The van der Waals surface area contributed by atoms with Gasteiger partial charge in [0.2, 0.25) is 5.95 Å². The number of nitrogens with zero attached hydrogens (tertiary/aromatic N) is 4. The fourth-order valence-corrected chi connectivity index (χ4v) is 2.17. The van der Waals surface area contributed by atoms with Crippen molar-refractivity contribution in [2.45, 2.75) is 32.5 Å². The molecular weight excluding hydrogens is 250 g/mol. The van der Waals surface area contributed by atoms with Crippen LogP contribution < -0.4 is 10.5 Å². The fourth-order valence-electron chi connectivity index (χ4n) is 2.17. The van der Waals surface area contributed by atoms with Gasteiger partial charge in [0.25, 0.3) is 5.56 Å². The Hall–Kier alpha value is -1.93. The molecule has 0 aliphatic heterocycles. The van der Waals surface area contributed by atoms with Gasteiger partial charge in [-0.2, -0.15) is 4.98 Å². The second-order valence-corrected chi connectivity index (χ2v) is 4.65. The van der Waals surface area contributed by atoms with Crippen LogP contribution in [0.1, 0.15) is 18.7 Å². The molecule has 0 amide bonds. The summed E-state index contributed by atoms with van der Waals surface area (Å²) in [4.78, 5) is 25.1. The van der Waals surface area contributed by atoms with Crippen molar-refractivity contribution in [3.63, 3.8) is 0 Å². The first-order chi connectivity index (χ1) is 9.15. The van der Waals surface area contributed by atoms with Crippen LogP contribution in [-0.2, 0) is 6.73 Å². The molecular formula is C11H15N5O3. The van der Waals surface area contributed by atoms with Crippen LogP contribution in [0, 0.1) is 6.92 Å². The Kier molecular flexibility index (Phi) is 2.76. The number of imidazole rings is 1. The lowest BCUT2D eigenvalue weighted by molar-refractivity contribution is 0.203. The van der Waals surface area contributed by atoms with E-state index in [0.29, 0.717) is 11.5 Å². The van der Waals surface area contributed by atoms with Crippen molar-refractivity contribution >= 4 is 17.1 Å². The molecule has 0 saturated heterocycles. The van der Waals surface area contributed by atoms with E-state index in [1.54, 1.807) is 11.8 Å². The second-order valence-electron chi connectivity index (χ2n) is 4.65. The number of aromatic nitrogens is 4. The van der Waals surface area contributed by atoms with Gasteiger partial charge in [0.1, 0.15) is 19.3 Å². The zero-order valence-corrected chi connectivity index (χ0v) is 10.5. The SMILES string of the molecule is Cc1nc2nc(N(CO)C3CC3)n(CO)c(=O)c2[nH]1. The highest BCUT2D eigenvalue weighted by molar-refractivity contribution is 5.71. The van der Waals surface area contributed by atoms with Crippen LogP contribution >= 0.6 is 0 Å². The topological polar surface area (TPSA) is 107 Å². The summed E-state index contributed by atoms with van der Waals surface area (Å²) in [5, 5.41) is 18.8. The van der Waals surface area contributed by atoms with Crippen molar-refractivity contribution in [2.24, 2.45) is 0 Å². The third-order valence-electron chi connectivity index (χ3n) is 3.25. The van der Waals surface area contributed by atoms with E-state index in [2.05, 4.69) is 15.0 Å². The summed E-state index contributed by atoms with van der Waals surface area (Å²) in [6, 6.07) is 0.173. The summed E-state index contributed by atoms with van der Waals surface area (Å²) in [6.07, 6.45) is 1.89. The van der Waals surface area contributed by atoms with Crippen molar-refractivity contribution in [3.05, 3.63) is 16.2 Å². The maximum atomic E-state index is 12.2. The number of aliphatic hydroxyl groups is 2. The van der Waals surface area contributed by atoms with Gasteiger partial charge in [-0.25, -0.2) is 4.98 Å². The molecule has 0 aromatic carbocycles. The van der Waals surface area contributed by atoms with E-state index in [1.807, 2.05) is 0 Å². The van der Waals surface area contributed by atoms with Crippen LogP contribution in [0.3, 0.4) is 0 Å². The number of aromatic amines is 1. The van der Waals surface area contributed by atoms with E-state index in [9.17, 15) is 15.0 Å². The van der Waals surface area contributed by atoms with Gasteiger partial charge in [0.05, 0.1) is 0 Å². The number of rotatable bonds is 4. The smallest absolute Gasteiger partial charge is 0.282 e. The van der Waals surface area contributed by atoms with E-state index >= 15 is 0 Å². The molecule has 0 unspecified atom stereocenters. The molecule has 3 N–H and O–H groups in total. The highest BCUT2D eigenvalue weighted by Crippen LogP contribution is 2.30. The third-order valence-corrected chi connectivity index (χ3v) is 3.25. The molecule has 1 fully saturated rings. The molecule has 3 rings (SSSR count). The van der Waals surface area contributed by atoms with Crippen LogP contribution in [-0.4, -0.2) is 42.5 Å². The van der Waals surface area contributed by atoms with E-state index in [1.165, 1.54) is 0 Å². The number of H-pyrrole nitrogens is 1. The molecule has 1 aliphatic rings. The molecule has 2 aromatic rings. The summed E-state index contributed by atoms with van der Waals surface area (Å²) in [7, 11) is 0. The Balaban J connectivity index is 2.24. The number of aliphatic hydroxyl groups excluding tert-OH is 2. The van der Waals surface area contributed by atoms with E-state index in [0.717, 1.165) is 17.4 Å². The Morgan fingerprint density at radius 2 is 2.16 bits per heavy atom. The molecule has 8 heteroatoms. The number of hydrogen-bond donors (Lipinski definition) is 3. The van der Waals surface area contributed by atoms with E-state index in [4.69, 9.17) is 0 Å². The Bertz CT molecular complexity index is 673. The number of anilines is 1. The van der Waals surface area contributed by atoms with Gasteiger partial charge in [0.15, 0.2) is 11.2 Å². The zero-order chi connectivity index (χ0) is 13.6. The molecule has 0 bridgehead atoms. The molecule has 8 nitrogen and oxygen atoms in total. The first-order valence-electron chi connectivity index (χ1n) is 6.11. The normalized spacial score (nSPS) is 15.1. The first kappa shape index (κ1) is 12.1. The van der Waals surface area contributed by atoms with Crippen molar-refractivity contribution in [3.8, 4) is 0 Å². The number of hydrogen-bond acceptors (Lipinski definition) is 6. The summed E-state index contributed by atoms with van der Waals surface area (Å²) in [5.74, 6) is 0.847. The van der Waals surface area contributed by atoms with Crippen LogP contribution in [0.25, 0.3) is 11.2 Å². The van der Waals surface area contributed by atoms with Crippen LogP contribution in [0.4, 0.5) is 5.95 Å². The Morgan fingerprint density at radius 3 is 2.74 bits per heavy atom. The quantitative estimate of drug-likeness (QED) is 0.631. The number of nitrogens with one attached hydrogen (secondary N) is 1. The molecule has 2 aromatic heterocycles. The monoisotopic (exact) mass is 265 g/mol. The molecule has 1 saturated carbocycles. The lowest BCUT2D eigenvalue weighted by Gasteiger charge is -2.22. The van der Waals surface area contributed by atoms with E-state index in [-0.39, 0.29) is 29.8 Å². The third kappa shape index (κ3) is 1.89. The molecule has 0 atom stereocenters. The van der Waals surface area contributed by atoms with E-state index < -0.39 is 6.73 Å². The second kappa shape index (κ2) is 4.32. The molecule has 0 spiro atoms. The van der Waals surface area contributed by atoms with Gasteiger partial charge in [-0.05, 0) is 19.8 Å². The van der Waals surface area contributed by atoms with Crippen LogP contribution in [0.2, 0.25) is 0 Å². The van der Waals surface area contributed by atoms with Gasteiger partial charge in [-0.3, -0.25) is 9.36 Å². The maximum Gasteiger partial charge on any atom is 0.282 e. The largest absolute Gasteiger partial charge is 0.376 e. The summed E-state index contributed by atoms with van der Waals surface area (Å²) in [6.45, 7) is 0.999. The van der Waals surface area contributed by atoms with Crippen LogP contribution in [0.15, 0.2) is 4.79 Å². The van der Waals surface area contributed by atoms with Crippen molar-refractivity contribution in [1.29, 1.82) is 0 Å². The highest BCUT2D eigenvalue weighted by atomic mass is 16.3. The van der Waals surface area contributed by atoms with Gasteiger partial charge in [-0.1, -0.05) is 0 Å². The molecule has 1 aliphatic carbocycles. The van der Waals surface area contributed by atoms with Gasteiger partial charge in [-0.15, -0.1) is 0 Å². The number of fused-ring (bicyclic) bond motifs is 1. The molecule has 2 heterocycles. The Labute approximate surface area is 108 Å². The first-order valence-corrected chi connectivity index (χ1v) is 6.11. The Morgan fingerprint density at radius 1 is 1.42 bits per heavy atom. The average Bonchev–Trinajstić information content (AvgIpc) is 3.13. The standard InChI is InChI=1S/C11H15N5O3/c1-6-12-8-9(13-6)14-11(16(5-18)10(8)19)15(4-17)7-2-3-7/h7,17-18H,2-5H2,1H3,(H,12,13). The fraction of sp³-hybridized carbons (Fsp3) is 0.545. The van der Waals surface area contributed by atoms with Crippen LogP contribution in [0.5, 0.6) is 0 Å². The summed E-state index contributed by atoms with van der Waals surface area (Å²) >= 11 is 0. The minimum Gasteiger partial charge on any atom is -0.376 e. The average molecular weight is 265 g/mol. The van der Waals surface area contributed by atoms with Crippen molar-refractivity contribution in [2.75, 3.05) is 11.6 Å². The summed E-state index contributed by atoms with van der Waals surface area (Å²) in [5.41, 5.74) is 0.187. The molecule has 102 valence electrons. The minimum absolute atomic E-state index is 0.173. The maximum absolute atomic E-state index is 12.2. The zero-order valence-electron chi connectivity index (χ0n) is 10.5. The minimum atomic E-state index is -0.488. The molecule has 19 heavy (non-hydrogen) atoms. The van der Waals surface area contributed by atoms with Crippen molar-refractivity contribution in [1.82, 2.24) is 19.5 Å². The van der Waals surface area contributed by atoms with Crippen molar-refractivity contribution < 1.29 is 10.2 Å². The predicted octanol–water partition coefficient (Wildman–Crippen LogP) is -0.704. The highest BCUT2D eigenvalue weighted by Gasteiger charge is 2.32. The number of aryl methyl sites for hydroxylation is 1. The predicted molar refractivity (Wildman–Crippen MR) is 67.7 cm³/mol. The van der Waals surface area contributed by atoms with Gasteiger partial charge in [0, 0.05) is 6.04 Å². The molecule has 0 radical (unpaired) electrons.